The number of hydrogen-bond donors (Lipinski definition) is 1. The van der Waals surface area contributed by atoms with E-state index in [4.69, 9.17) is 11.6 Å². The quantitative estimate of drug-likeness (QED) is 0.931. The highest BCUT2D eigenvalue weighted by atomic mass is 35.5. The number of benzene rings is 1. The van der Waals surface area contributed by atoms with Gasteiger partial charge in [0, 0.05) is 24.7 Å². The standard InChI is InChI=1S/C18H20ClN3O/c19-15-9-7-14(8-10-15)13-20-18(23)16-5-4-6-17(21-16)22-11-2-1-3-12-22/h4-10H,1-3,11-13H2,(H,20,23). The molecule has 1 aromatic carbocycles. The van der Waals surface area contributed by atoms with Gasteiger partial charge in [-0.25, -0.2) is 4.98 Å². The number of carbonyl (C=O) groups is 1. The lowest BCUT2D eigenvalue weighted by atomic mass is 10.1. The Morgan fingerprint density at radius 3 is 2.57 bits per heavy atom. The van der Waals surface area contributed by atoms with E-state index >= 15 is 0 Å². The summed E-state index contributed by atoms with van der Waals surface area (Å²) in [6, 6.07) is 13.1. The van der Waals surface area contributed by atoms with Gasteiger partial charge in [-0.3, -0.25) is 4.79 Å². The van der Waals surface area contributed by atoms with Crippen molar-refractivity contribution < 1.29 is 4.79 Å². The van der Waals surface area contributed by atoms with Gasteiger partial charge in [-0.05, 0) is 49.1 Å². The number of anilines is 1. The molecule has 1 N–H and O–H groups in total. The van der Waals surface area contributed by atoms with Crippen LogP contribution in [0.2, 0.25) is 5.02 Å². The Hall–Kier alpha value is -2.07. The zero-order valence-electron chi connectivity index (χ0n) is 13.0. The zero-order chi connectivity index (χ0) is 16.1. The number of piperidine rings is 1. The second kappa shape index (κ2) is 7.47. The van der Waals surface area contributed by atoms with Crippen molar-refractivity contribution in [2.75, 3.05) is 18.0 Å². The maximum atomic E-state index is 12.3. The predicted molar refractivity (Wildman–Crippen MR) is 92.9 cm³/mol. The molecule has 1 fully saturated rings. The summed E-state index contributed by atoms with van der Waals surface area (Å²) in [5, 5.41) is 3.59. The van der Waals surface area contributed by atoms with Crippen LogP contribution in [-0.4, -0.2) is 24.0 Å². The minimum atomic E-state index is -0.154. The first-order chi connectivity index (χ1) is 11.2. The molecule has 2 heterocycles. The third kappa shape index (κ3) is 4.23. The number of amides is 1. The third-order valence-corrected chi connectivity index (χ3v) is 4.27. The highest BCUT2D eigenvalue weighted by molar-refractivity contribution is 6.30. The molecule has 0 spiro atoms. The van der Waals surface area contributed by atoms with Crippen molar-refractivity contribution in [2.24, 2.45) is 0 Å². The maximum absolute atomic E-state index is 12.3. The molecule has 1 aromatic heterocycles. The molecule has 120 valence electrons. The van der Waals surface area contributed by atoms with Crippen LogP contribution < -0.4 is 10.2 Å². The molecule has 5 heteroatoms. The molecule has 3 rings (SSSR count). The van der Waals surface area contributed by atoms with Gasteiger partial charge in [0.15, 0.2) is 0 Å². The molecule has 0 bridgehead atoms. The lowest BCUT2D eigenvalue weighted by Gasteiger charge is -2.27. The number of carbonyl (C=O) groups excluding carboxylic acids is 1. The maximum Gasteiger partial charge on any atom is 0.270 e. The number of aromatic nitrogens is 1. The number of hydrogen-bond acceptors (Lipinski definition) is 3. The summed E-state index contributed by atoms with van der Waals surface area (Å²) in [4.78, 5) is 19.1. The van der Waals surface area contributed by atoms with E-state index in [1.807, 2.05) is 36.4 Å². The Kier molecular flexibility index (Phi) is 5.13. The van der Waals surface area contributed by atoms with E-state index in [1.54, 1.807) is 6.07 Å². The van der Waals surface area contributed by atoms with Crippen LogP contribution in [0.4, 0.5) is 5.82 Å². The Morgan fingerprint density at radius 2 is 1.83 bits per heavy atom. The average molecular weight is 330 g/mol. The third-order valence-electron chi connectivity index (χ3n) is 4.01. The number of nitrogens with zero attached hydrogens (tertiary/aromatic N) is 2. The van der Waals surface area contributed by atoms with Crippen molar-refractivity contribution in [2.45, 2.75) is 25.8 Å². The number of pyridine rings is 1. The van der Waals surface area contributed by atoms with Crippen LogP contribution in [0.5, 0.6) is 0 Å². The monoisotopic (exact) mass is 329 g/mol. The van der Waals surface area contributed by atoms with Gasteiger partial charge in [0.25, 0.3) is 5.91 Å². The Morgan fingerprint density at radius 1 is 1.09 bits per heavy atom. The van der Waals surface area contributed by atoms with Crippen molar-refractivity contribution in [1.29, 1.82) is 0 Å². The van der Waals surface area contributed by atoms with E-state index in [1.165, 1.54) is 19.3 Å². The number of rotatable bonds is 4. The van der Waals surface area contributed by atoms with Gasteiger partial charge in [-0.2, -0.15) is 0 Å². The first-order valence-electron chi connectivity index (χ1n) is 7.97. The molecule has 2 aromatic rings. The van der Waals surface area contributed by atoms with Crippen LogP contribution in [0.25, 0.3) is 0 Å². The summed E-state index contributed by atoms with van der Waals surface area (Å²) in [7, 11) is 0. The summed E-state index contributed by atoms with van der Waals surface area (Å²) in [5.74, 6) is 0.739. The number of halogens is 1. The summed E-state index contributed by atoms with van der Waals surface area (Å²) < 4.78 is 0. The fraction of sp³-hybridized carbons (Fsp3) is 0.333. The van der Waals surface area contributed by atoms with Gasteiger partial charge in [-0.1, -0.05) is 29.8 Å². The SMILES string of the molecule is O=C(NCc1ccc(Cl)cc1)c1cccc(N2CCCCC2)n1. The summed E-state index contributed by atoms with van der Waals surface area (Å²) >= 11 is 5.86. The highest BCUT2D eigenvalue weighted by Gasteiger charge is 2.14. The van der Waals surface area contributed by atoms with Crippen LogP contribution in [0, 0.1) is 0 Å². The normalized spacial score (nSPS) is 14.6. The van der Waals surface area contributed by atoms with E-state index in [9.17, 15) is 4.79 Å². The van der Waals surface area contributed by atoms with E-state index < -0.39 is 0 Å². The van der Waals surface area contributed by atoms with Crippen molar-refractivity contribution in [3.05, 3.63) is 58.7 Å². The van der Waals surface area contributed by atoms with Crippen molar-refractivity contribution in [3.8, 4) is 0 Å². The van der Waals surface area contributed by atoms with Crippen molar-refractivity contribution >= 4 is 23.3 Å². The van der Waals surface area contributed by atoms with Gasteiger partial charge >= 0.3 is 0 Å². The van der Waals surface area contributed by atoms with Crippen LogP contribution in [0.3, 0.4) is 0 Å². The topological polar surface area (TPSA) is 45.2 Å². The van der Waals surface area contributed by atoms with Crippen LogP contribution >= 0.6 is 11.6 Å². The van der Waals surface area contributed by atoms with Crippen LogP contribution in [0.15, 0.2) is 42.5 Å². The first-order valence-corrected chi connectivity index (χ1v) is 8.35. The summed E-state index contributed by atoms with van der Waals surface area (Å²) in [6.45, 7) is 2.50. The van der Waals surface area contributed by atoms with Gasteiger partial charge in [-0.15, -0.1) is 0 Å². The minimum Gasteiger partial charge on any atom is -0.357 e. The largest absolute Gasteiger partial charge is 0.357 e. The molecule has 1 amide bonds. The van der Waals surface area contributed by atoms with E-state index in [0.29, 0.717) is 17.3 Å². The Labute approximate surface area is 141 Å². The molecule has 0 saturated carbocycles. The predicted octanol–water partition coefficient (Wildman–Crippen LogP) is 3.66. The average Bonchev–Trinajstić information content (AvgIpc) is 2.62. The smallest absolute Gasteiger partial charge is 0.270 e. The highest BCUT2D eigenvalue weighted by Crippen LogP contribution is 2.17. The summed E-state index contributed by atoms with van der Waals surface area (Å²) in [5.41, 5.74) is 1.47. The molecule has 1 aliphatic rings. The van der Waals surface area contributed by atoms with E-state index in [0.717, 1.165) is 24.5 Å². The van der Waals surface area contributed by atoms with Crippen molar-refractivity contribution in [3.63, 3.8) is 0 Å². The molecular weight excluding hydrogens is 310 g/mol. The lowest BCUT2D eigenvalue weighted by molar-refractivity contribution is 0.0946. The molecule has 0 atom stereocenters. The Balaban J connectivity index is 1.63. The molecule has 0 aliphatic carbocycles. The van der Waals surface area contributed by atoms with Gasteiger partial charge in [0.2, 0.25) is 0 Å². The fourth-order valence-electron chi connectivity index (χ4n) is 2.72. The zero-order valence-corrected chi connectivity index (χ0v) is 13.7. The lowest BCUT2D eigenvalue weighted by Crippen LogP contribution is -2.31. The first kappa shape index (κ1) is 15.8. The minimum absolute atomic E-state index is 0.154. The molecule has 23 heavy (non-hydrogen) atoms. The van der Waals surface area contributed by atoms with E-state index in [2.05, 4.69) is 15.2 Å². The molecular formula is C18H20ClN3O. The second-order valence-corrected chi connectivity index (χ2v) is 6.17. The van der Waals surface area contributed by atoms with Gasteiger partial charge in [0.05, 0.1) is 0 Å². The summed E-state index contributed by atoms with van der Waals surface area (Å²) in [6.07, 6.45) is 3.65. The number of nitrogens with one attached hydrogen (secondary N) is 1. The van der Waals surface area contributed by atoms with Crippen LogP contribution in [-0.2, 0) is 6.54 Å². The molecule has 1 aliphatic heterocycles. The molecule has 4 nitrogen and oxygen atoms in total. The van der Waals surface area contributed by atoms with Gasteiger partial charge < -0.3 is 10.2 Å². The molecule has 1 saturated heterocycles. The molecule has 0 radical (unpaired) electrons. The second-order valence-electron chi connectivity index (χ2n) is 5.74. The van der Waals surface area contributed by atoms with E-state index in [-0.39, 0.29) is 5.91 Å². The van der Waals surface area contributed by atoms with Crippen LogP contribution in [0.1, 0.15) is 35.3 Å². The van der Waals surface area contributed by atoms with Crippen molar-refractivity contribution in [1.82, 2.24) is 10.3 Å². The fourth-order valence-corrected chi connectivity index (χ4v) is 2.85. The Bertz CT molecular complexity index is 666. The molecule has 0 unspecified atom stereocenters. The van der Waals surface area contributed by atoms with Gasteiger partial charge in [0.1, 0.15) is 11.5 Å².